The Labute approximate surface area is 91.5 Å². The summed E-state index contributed by atoms with van der Waals surface area (Å²) in [6.45, 7) is 5.09. The van der Waals surface area contributed by atoms with Gasteiger partial charge in [-0.1, -0.05) is 12.2 Å². The highest BCUT2D eigenvalue weighted by Crippen LogP contribution is 1.91. The van der Waals surface area contributed by atoms with E-state index >= 15 is 0 Å². The molecule has 0 aromatic heterocycles. The second kappa shape index (κ2) is 8.59. The zero-order valence-electron chi connectivity index (χ0n) is 9.77. The molecule has 4 heteroatoms. The van der Waals surface area contributed by atoms with E-state index in [0.29, 0.717) is 26.3 Å². The van der Waals surface area contributed by atoms with Crippen LogP contribution < -0.4 is 0 Å². The van der Waals surface area contributed by atoms with Crippen LogP contribution in [0, 0.1) is 0 Å². The average Bonchev–Trinajstić information content (AvgIpc) is 2.10. The van der Waals surface area contributed by atoms with Crippen LogP contribution in [0.1, 0.15) is 13.8 Å². The van der Waals surface area contributed by atoms with E-state index < -0.39 is 6.10 Å². The van der Waals surface area contributed by atoms with Crippen LogP contribution in [0.15, 0.2) is 12.2 Å². The van der Waals surface area contributed by atoms with Gasteiger partial charge in [0.25, 0.3) is 0 Å². The minimum atomic E-state index is -0.542. The summed E-state index contributed by atoms with van der Waals surface area (Å²) in [6, 6.07) is 0. The van der Waals surface area contributed by atoms with Crippen LogP contribution >= 0.6 is 0 Å². The Bertz CT molecular complexity index is 204. The van der Waals surface area contributed by atoms with Gasteiger partial charge in [-0.05, 0) is 20.9 Å². The molecule has 0 aliphatic heterocycles. The molecule has 0 aromatic rings. The molecule has 0 rings (SSSR count). The fraction of sp³-hybridized carbons (Fsp3) is 0.727. The molecule has 15 heavy (non-hydrogen) atoms. The van der Waals surface area contributed by atoms with E-state index in [1.165, 1.54) is 6.92 Å². The fourth-order valence-corrected chi connectivity index (χ4v) is 1.23. The molecule has 0 amide bonds. The molecule has 1 atom stereocenters. The number of aliphatic hydroxyl groups is 1. The molecular weight excluding hydrogens is 194 g/mol. The monoisotopic (exact) mass is 215 g/mol. The first kappa shape index (κ1) is 14.3. The number of hydrogen-bond acceptors (Lipinski definition) is 4. The summed E-state index contributed by atoms with van der Waals surface area (Å²) in [5.74, 6) is 0.0968. The Morgan fingerprint density at radius 1 is 1.60 bits per heavy atom. The van der Waals surface area contributed by atoms with Crippen molar-refractivity contribution >= 4 is 5.78 Å². The van der Waals surface area contributed by atoms with Crippen LogP contribution in [-0.2, 0) is 9.53 Å². The van der Waals surface area contributed by atoms with Crippen LogP contribution in [0.25, 0.3) is 0 Å². The second-order valence-corrected chi connectivity index (χ2v) is 3.66. The maximum absolute atomic E-state index is 10.8. The standard InChI is InChI=1S/C11H21NO3/c1-4-5-6-15-9-11(14)8-12(3)7-10(2)13/h4-5,11,14H,6-9H2,1-3H3/b5-4+. The maximum Gasteiger partial charge on any atom is 0.143 e. The normalized spacial score (nSPS) is 13.7. The largest absolute Gasteiger partial charge is 0.389 e. The van der Waals surface area contributed by atoms with E-state index in [4.69, 9.17) is 4.74 Å². The number of allylic oxidation sites excluding steroid dienone is 1. The lowest BCUT2D eigenvalue weighted by atomic mass is 10.3. The Morgan fingerprint density at radius 2 is 2.27 bits per heavy atom. The number of aliphatic hydroxyl groups excluding tert-OH is 1. The summed E-state index contributed by atoms with van der Waals surface area (Å²) in [5, 5.41) is 9.53. The minimum Gasteiger partial charge on any atom is -0.389 e. The van der Waals surface area contributed by atoms with Gasteiger partial charge in [0.15, 0.2) is 0 Å². The van der Waals surface area contributed by atoms with Gasteiger partial charge in [0.05, 0.1) is 25.9 Å². The van der Waals surface area contributed by atoms with Gasteiger partial charge in [-0.2, -0.15) is 0 Å². The van der Waals surface area contributed by atoms with Crippen molar-refractivity contribution in [2.24, 2.45) is 0 Å². The zero-order chi connectivity index (χ0) is 11.7. The number of rotatable bonds is 8. The summed E-state index contributed by atoms with van der Waals surface area (Å²) in [6.07, 6.45) is 3.24. The van der Waals surface area contributed by atoms with Gasteiger partial charge in [-0.25, -0.2) is 0 Å². The first-order valence-electron chi connectivity index (χ1n) is 5.11. The van der Waals surface area contributed by atoms with Crippen LogP contribution in [0.2, 0.25) is 0 Å². The van der Waals surface area contributed by atoms with Gasteiger partial charge < -0.3 is 9.84 Å². The minimum absolute atomic E-state index is 0.0968. The number of carbonyl (C=O) groups excluding carboxylic acids is 1. The summed E-state index contributed by atoms with van der Waals surface area (Å²) in [4.78, 5) is 12.6. The Balaban J connectivity index is 3.54. The fourth-order valence-electron chi connectivity index (χ4n) is 1.23. The Hall–Kier alpha value is -0.710. The molecule has 0 aromatic carbocycles. The number of ether oxygens (including phenoxy) is 1. The zero-order valence-corrected chi connectivity index (χ0v) is 9.77. The van der Waals surface area contributed by atoms with E-state index in [9.17, 15) is 9.90 Å². The lowest BCUT2D eigenvalue weighted by molar-refractivity contribution is -0.118. The average molecular weight is 215 g/mol. The van der Waals surface area contributed by atoms with E-state index in [1.54, 1.807) is 11.9 Å². The molecule has 0 spiro atoms. The van der Waals surface area contributed by atoms with Crippen LogP contribution in [-0.4, -0.2) is 55.2 Å². The van der Waals surface area contributed by atoms with Crippen LogP contribution in [0.3, 0.4) is 0 Å². The van der Waals surface area contributed by atoms with Gasteiger partial charge in [-0.15, -0.1) is 0 Å². The molecule has 1 N–H and O–H groups in total. The SMILES string of the molecule is C/C=C/COCC(O)CN(C)CC(C)=O. The lowest BCUT2D eigenvalue weighted by Gasteiger charge is -2.18. The molecule has 0 aliphatic rings. The quantitative estimate of drug-likeness (QED) is 0.472. The van der Waals surface area contributed by atoms with Crippen LogP contribution in [0.5, 0.6) is 0 Å². The molecule has 0 fully saturated rings. The van der Waals surface area contributed by atoms with Crippen molar-refractivity contribution in [3.8, 4) is 0 Å². The number of nitrogens with zero attached hydrogens (tertiary/aromatic N) is 1. The predicted molar refractivity (Wildman–Crippen MR) is 59.8 cm³/mol. The highest BCUT2D eigenvalue weighted by molar-refractivity contribution is 5.77. The highest BCUT2D eigenvalue weighted by atomic mass is 16.5. The molecule has 4 nitrogen and oxygen atoms in total. The molecule has 1 unspecified atom stereocenters. The van der Waals surface area contributed by atoms with Crippen molar-refractivity contribution in [3.05, 3.63) is 12.2 Å². The summed E-state index contributed by atoms with van der Waals surface area (Å²) < 4.78 is 5.19. The third-order valence-corrected chi connectivity index (χ3v) is 1.78. The first-order valence-corrected chi connectivity index (χ1v) is 5.11. The molecule has 88 valence electrons. The molecule has 0 aliphatic carbocycles. The third-order valence-electron chi connectivity index (χ3n) is 1.78. The Morgan fingerprint density at radius 3 is 2.80 bits per heavy atom. The number of ketones is 1. The highest BCUT2D eigenvalue weighted by Gasteiger charge is 2.09. The van der Waals surface area contributed by atoms with Crippen molar-refractivity contribution < 1.29 is 14.6 Å². The van der Waals surface area contributed by atoms with E-state index in [0.717, 1.165) is 0 Å². The topological polar surface area (TPSA) is 49.8 Å². The van der Waals surface area contributed by atoms with Gasteiger partial charge in [0.2, 0.25) is 0 Å². The molecule has 0 bridgehead atoms. The molecule has 0 saturated heterocycles. The molecule has 0 radical (unpaired) electrons. The predicted octanol–water partition coefficient (Wildman–Crippen LogP) is 0.461. The van der Waals surface area contributed by atoms with Gasteiger partial charge >= 0.3 is 0 Å². The van der Waals surface area contributed by atoms with E-state index in [2.05, 4.69) is 0 Å². The maximum atomic E-state index is 10.8. The van der Waals surface area contributed by atoms with Crippen molar-refractivity contribution in [3.63, 3.8) is 0 Å². The summed E-state index contributed by atoms with van der Waals surface area (Å²) in [7, 11) is 1.80. The first-order chi connectivity index (χ1) is 7.06. The van der Waals surface area contributed by atoms with E-state index in [1.807, 2.05) is 19.1 Å². The number of likely N-dealkylation sites (N-methyl/N-ethyl adjacent to an activating group) is 1. The van der Waals surface area contributed by atoms with Crippen molar-refractivity contribution in [2.75, 3.05) is 33.4 Å². The third kappa shape index (κ3) is 9.59. The number of hydrogen-bond donors (Lipinski definition) is 1. The van der Waals surface area contributed by atoms with Crippen molar-refractivity contribution in [1.82, 2.24) is 4.90 Å². The van der Waals surface area contributed by atoms with Gasteiger partial charge in [0.1, 0.15) is 5.78 Å². The van der Waals surface area contributed by atoms with Crippen molar-refractivity contribution in [1.29, 1.82) is 0 Å². The molecule has 0 heterocycles. The van der Waals surface area contributed by atoms with Crippen molar-refractivity contribution in [2.45, 2.75) is 20.0 Å². The number of carbonyl (C=O) groups is 1. The Kier molecular flexibility index (Phi) is 8.18. The number of Topliss-reactive ketones (excluding diaryl/α,β-unsaturated/α-hetero) is 1. The second-order valence-electron chi connectivity index (χ2n) is 3.66. The van der Waals surface area contributed by atoms with E-state index in [-0.39, 0.29) is 5.78 Å². The molecular formula is C11H21NO3. The van der Waals surface area contributed by atoms with Gasteiger partial charge in [0, 0.05) is 6.54 Å². The smallest absolute Gasteiger partial charge is 0.143 e. The van der Waals surface area contributed by atoms with Gasteiger partial charge in [-0.3, -0.25) is 9.69 Å². The van der Waals surface area contributed by atoms with Crippen LogP contribution in [0.4, 0.5) is 0 Å². The summed E-state index contributed by atoms with van der Waals surface area (Å²) in [5.41, 5.74) is 0. The lowest BCUT2D eigenvalue weighted by Crippen LogP contribution is -2.34. The summed E-state index contributed by atoms with van der Waals surface area (Å²) >= 11 is 0. The molecule has 0 saturated carbocycles.